The maximum atomic E-state index is 13.1. The van der Waals surface area contributed by atoms with Crippen LogP contribution in [-0.2, 0) is 10.0 Å². The summed E-state index contributed by atoms with van der Waals surface area (Å²) in [5, 5.41) is 3.57. The fourth-order valence-electron chi connectivity index (χ4n) is 3.70. The Labute approximate surface area is 211 Å². The molecule has 4 rings (SSSR count). The molecule has 4 aromatic carbocycles. The van der Waals surface area contributed by atoms with Crippen molar-refractivity contribution in [2.45, 2.75) is 17.9 Å². The number of nitrogens with zero attached hydrogens (tertiary/aromatic N) is 1. The molecule has 7 heteroatoms. The van der Waals surface area contributed by atoms with Gasteiger partial charge in [0.15, 0.2) is 0 Å². The number of carbonyl (C=O) groups is 1. The number of aryl methyl sites for hydroxylation is 1. The molecule has 0 saturated heterocycles. The van der Waals surface area contributed by atoms with Gasteiger partial charge >= 0.3 is 0 Å². The molecule has 0 aliphatic rings. The van der Waals surface area contributed by atoms with Gasteiger partial charge in [0.25, 0.3) is 15.9 Å². The molecule has 0 bridgehead atoms. The number of halogens is 1. The van der Waals surface area contributed by atoms with E-state index in [4.69, 9.17) is 11.6 Å². The Morgan fingerprint density at radius 2 is 1.37 bits per heavy atom. The van der Waals surface area contributed by atoms with Crippen LogP contribution in [0.15, 0.2) is 108 Å². The van der Waals surface area contributed by atoms with Crippen LogP contribution in [0.2, 0.25) is 5.02 Å². The number of benzene rings is 4. The van der Waals surface area contributed by atoms with E-state index in [9.17, 15) is 13.2 Å². The summed E-state index contributed by atoms with van der Waals surface area (Å²) in [5.41, 5.74) is 3.95. The summed E-state index contributed by atoms with van der Waals surface area (Å²) < 4.78 is 27.1. The van der Waals surface area contributed by atoms with Crippen molar-refractivity contribution in [3.05, 3.63) is 130 Å². The van der Waals surface area contributed by atoms with Crippen molar-refractivity contribution in [2.24, 2.45) is 0 Å². The zero-order valence-electron chi connectivity index (χ0n) is 19.4. The van der Waals surface area contributed by atoms with Crippen molar-refractivity contribution in [3.63, 3.8) is 0 Å². The average Bonchev–Trinajstić information content (AvgIpc) is 2.88. The standard InChI is InChI=1S/C28H25ClN2O3S/c1-20-8-10-22(11-9-20)27(21-6-4-3-5-7-21)30-28(32)23-12-16-25(17-13-23)31(2)35(33,34)26-18-14-24(29)15-19-26/h3-19,27H,1-2H3,(H,30,32)/t27-/m1/s1. The smallest absolute Gasteiger partial charge is 0.264 e. The molecular weight excluding hydrogens is 480 g/mol. The highest BCUT2D eigenvalue weighted by Gasteiger charge is 2.22. The van der Waals surface area contributed by atoms with Gasteiger partial charge in [-0.15, -0.1) is 0 Å². The molecule has 1 N–H and O–H groups in total. The van der Waals surface area contributed by atoms with Crippen LogP contribution in [-0.4, -0.2) is 21.4 Å². The van der Waals surface area contributed by atoms with Crippen LogP contribution in [0, 0.1) is 6.92 Å². The summed E-state index contributed by atoms with van der Waals surface area (Å²) in [4.78, 5) is 13.3. The molecule has 1 atom stereocenters. The zero-order valence-corrected chi connectivity index (χ0v) is 20.9. The van der Waals surface area contributed by atoms with Crippen LogP contribution in [0.1, 0.15) is 33.1 Å². The lowest BCUT2D eigenvalue weighted by Crippen LogP contribution is -2.29. The van der Waals surface area contributed by atoms with Crippen molar-refractivity contribution >= 4 is 33.2 Å². The third-order valence-corrected chi connectivity index (χ3v) is 7.84. The Bertz CT molecular complexity index is 1400. The van der Waals surface area contributed by atoms with Gasteiger partial charge in [-0.25, -0.2) is 8.42 Å². The number of hydrogen-bond acceptors (Lipinski definition) is 3. The molecule has 35 heavy (non-hydrogen) atoms. The molecule has 178 valence electrons. The van der Waals surface area contributed by atoms with E-state index in [2.05, 4.69) is 5.32 Å². The first kappa shape index (κ1) is 24.5. The van der Waals surface area contributed by atoms with Crippen molar-refractivity contribution in [1.29, 1.82) is 0 Å². The van der Waals surface area contributed by atoms with Gasteiger partial charge in [0.1, 0.15) is 0 Å². The molecular formula is C28H25ClN2O3S. The lowest BCUT2D eigenvalue weighted by Gasteiger charge is -2.21. The molecule has 0 aliphatic heterocycles. The van der Waals surface area contributed by atoms with Gasteiger partial charge in [-0.2, -0.15) is 0 Å². The second kappa shape index (κ2) is 10.3. The summed E-state index contributed by atoms with van der Waals surface area (Å²) in [6.07, 6.45) is 0. The van der Waals surface area contributed by atoms with Crippen LogP contribution >= 0.6 is 11.6 Å². The maximum absolute atomic E-state index is 13.1. The number of rotatable bonds is 7. The van der Waals surface area contributed by atoms with Crippen LogP contribution in [0.5, 0.6) is 0 Å². The van der Waals surface area contributed by atoms with Crippen LogP contribution in [0.4, 0.5) is 5.69 Å². The van der Waals surface area contributed by atoms with E-state index >= 15 is 0 Å². The predicted molar refractivity (Wildman–Crippen MR) is 140 cm³/mol. The number of nitrogens with one attached hydrogen (secondary N) is 1. The van der Waals surface area contributed by atoms with Crippen LogP contribution < -0.4 is 9.62 Å². The Balaban J connectivity index is 1.55. The Morgan fingerprint density at radius 3 is 1.97 bits per heavy atom. The minimum atomic E-state index is -3.76. The molecule has 0 aromatic heterocycles. The average molecular weight is 505 g/mol. The SMILES string of the molecule is Cc1ccc([C@H](NC(=O)c2ccc(N(C)S(=O)(=O)c3ccc(Cl)cc3)cc2)c2ccccc2)cc1. The number of hydrogen-bond donors (Lipinski definition) is 1. The fourth-order valence-corrected chi connectivity index (χ4v) is 5.03. The molecule has 0 saturated carbocycles. The molecule has 0 spiro atoms. The largest absolute Gasteiger partial charge is 0.341 e. The third kappa shape index (κ3) is 5.56. The van der Waals surface area contributed by atoms with Crippen molar-refractivity contribution < 1.29 is 13.2 Å². The molecule has 0 fully saturated rings. The normalized spacial score (nSPS) is 12.1. The van der Waals surface area contributed by atoms with Crippen LogP contribution in [0.25, 0.3) is 0 Å². The molecule has 1 amide bonds. The summed E-state index contributed by atoms with van der Waals surface area (Å²) in [6, 6.07) is 30.0. The van der Waals surface area contributed by atoms with Crippen LogP contribution in [0.3, 0.4) is 0 Å². The van der Waals surface area contributed by atoms with E-state index < -0.39 is 10.0 Å². The second-order valence-electron chi connectivity index (χ2n) is 8.20. The van der Waals surface area contributed by atoms with E-state index in [1.165, 1.54) is 35.6 Å². The van der Waals surface area contributed by atoms with Gasteiger partial charge in [0.05, 0.1) is 16.6 Å². The van der Waals surface area contributed by atoms with Gasteiger partial charge < -0.3 is 5.32 Å². The van der Waals surface area contributed by atoms with Gasteiger partial charge in [-0.05, 0) is 66.6 Å². The summed E-state index contributed by atoms with van der Waals surface area (Å²) in [7, 11) is -2.29. The Morgan fingerprint density at radius 1 is 0.800 bits per heavy atom. The van der Waals surface area contributed by atoms with Gasteiger partial charge in [-0.3, -0.25) is 9.10 Å². The topological polar surface area (TPSA) is 66.5 Å². The first-order valence-electron chi connectivity index (χ1n) is 11.0. The number of sulfonamides is 1. The summed E-state index contributed by atoms with van der Waals surface area (Å²) in [5.74, 6) is -0.255. The fraction of sp³-hybridized carbons (Fsp3) is 0.107. The van der Waals surface area contributed by atoms with Gasteiger partial charge in [0.2, 0.25) is 0 Å². The Hall–Kier alpha value is -3.61. The zero-order chi connectivity index (χ0) is 25.0. The van der Waals surface area contributed by atoms with Gasteiger partial charge in [0, 0.05) is 17.6 Å². The summed E-state index contributed by atoms with van der Waals surface area (Å²) >= 11 is 5.88. The van der Waals surface area contributed by atoms with E-state index in [0.29, 0.717) is 16.3 Å². The molecule has 0 unspecified atom stereocenters. The highest BCUT2D eigenvalue weighted by Crippen LogP contribution is 2.25. The molecule has 4 aromatic rings. The summed E-state index contributed by atoms with van der Waals surface area (Å²) in [6.45, 7) is 2.02. The Kier molecular flexibility index (Phi) is 7.24. The van der Waals surface area contributed by atoms with E-state index in [0.717, 1.165) is 16.7 Å². The minimum absolute atomic E-state index is 0.134. The third-order valence-electron chi connectivity index (χ3n) is 5.78. The number of carbonyl (C=O) groups excluding carboxylic acids is 1. The van der Waals surface area contributed by atoms with E-state index in [1.807, 2.05) is 61.5 Å². The van der Waals surface area contributed by atoms with Crippen molar-refractivity contribution in [3.8, 4) is 0 Å². The maximum Gasteiger partial charge on any atom is 0.264 e. The second-order valence-corrected chi connectivity index (χ2v) is 10.6. The van der Waals surface area contributed by atoms with Crippen molar-refractivity contribution in [2.75, 3.05) is 11.4 Å². The number of anilines is 1. The molecule has 0 aliphatic carbocycles. The number of amides is 1. The lowest BCUT2D eigenvalue weighted by atomic mass is 9.97. The van der Waals surface area contributed by atoms with E-state index in [1.54, 1.807) is 24.3 Å². The molecule has 0 heterocycles. The van der Waals surface area contributed by atoms with E-state index in [-0.39, 0.29) is 16.8 Å². The molecule has 5 nitrogen and oxygen atoms in total. The lowest BCUT2D eigenvalue weighted by molar-refractivity contribution is 0.0943. The monoisotopic (exact) mass is 504 g/mol. The first-order chi connectivity index (χ1) is 16.8. The van der Waals surface area contributed by atoms with Crippen molar-refractivity contribution in [1.82, 2.24) is 5.32 Å². The quantitative estimate of drug-likeness (QED) is 0.336. The minimum Gasteiger partial charge on any atom is -0.341 e. The predicted octanol–water partition coefficient (Wildman–Crippen LogP) is 5.99. The molecule has 0 radical (unpaired) electrons. The first-order valence-corrected chi connectivity index (χ1v) is 12.8. The van der Waals surface area contributed by atoms with Gasteiger partial charge in [-0.1, -0.05) is 71.8 Å². The highest BCUT2D eigenvalue weighted by atomic mass is 35.5. The highest BCUT2D eigenvalue weighted by molar-refractivity contribution is 7.92.